The molecule has 2 N–H and O–H groups in total. The highest BCUT2D eigenvalue weighted by Gasteiger charge is 2.27. The molecule has 35 heavy (non-hydrogen) atoms. The van der Waals surface area contributed by atoms with Crippen molar-refractivity contribution < 1.29 is 19.8 Å². The Morgan fingerprint density at radius 2 is 1.60 bits per heavy atom. The molecule has 2 heterocycles. The van der Waals surface area contributed by atoms with Crippen LogP contribution in [0.4, 0.5) is 5.69 Å². The van der Waals surface area contributed by atoms with Crippen LogP contribution in [0, 0.1) is 0 Å². The van der Waals surface area contributed by atoms with E-state index in [9.17, 15) is 0 Å². The molecule has 2 aromatic carbocycles. The Morgan fingerprint density at radius 3 is 2.26 bits per heavy atom. The second-order valence-corrected chi connectivity index (χ2v) is 9.32. The number of anilines is 1. The predicted molar refractivity (Wildman–Crippen MR) is 139 cm³/mol. The lowest BCUT2D eigenvalue weighted by molar-refractivity contribution is -0.123. The van der Waals surface area contributed by atoms with Gasteiger partial charge in [-0.05, 0) is 56.7 Å². The summed E-state index contributed by atoms with van der Waals surface area (Å²) < 4.78 is 2.63. The number of imidazole rings is 1. The molecule has 2 aliphatic rings. The molecule has 0 spiro atoms. The van der Waals surface area contributed by atoms with Crippen LogP contribution >= 0.6 is 0 Å². The maximum absolute atomic E-state index is 8.36. The van der Waals surface area contributed by atoms with Crippen LogP contribution in [-0.2, 0) is 28.9 Å². The molecule has 1 atom stereocenters. The molecule has 7 heteroatoms. The van der Waals surface area contributed by atoms with Crippen molar-refractivity contribution in [3.05, 3.63) is 59.4 Å². The Hall–Kier alpha value is -3.35. The van der Waals surface area contributed by atoms with Crippen LogP contribution in [0.15, 0.2) is 42.5 Å². The number of hydrogen-bond acceptors (Lipinski definition) is 4. The molecule has 0 amide bonds. The van der Waals surface area contributed by atoms with E-state index in [2.05, 4.69) is 65.9 Å². The third-order valence-electron chi connectivity index (χ3n) is 7.29. The maximum Gasteiger partial charge on any atom is 0.290 e. The summed E-state index contributed by atoms with van der Waals surface area (Å²) in [4.78, 5) is 24.5. The van der Waals surface area contributed by atoms with E-state index < -0.39 is 0 Å². The number of aromatic nitrogens is 2. The van der Waals surface area contributed by atoms with Crippen LogP contribution in [0.5, 0.6) is 0 Å². The van der Waals surface area contributed by atoms with Gasteiger partial charge in [-0.1, -0.05) is 49.6 Å². The number of fused-ring (bicyclic) bond motifs is 3. The second-order valence-electron chi connectivity index (χ2n) is 9.32. The molecule has 1 aromatic heterocycles. The van der Waals surface area contributed by atoms with Gasteiger partial charge in [0.2, 0.25) is 0 Å². The largest absolute Gasteiger partial charge is 0.483 e. The first-order chi connectivity index (χ1) is 17.0. The van der Waals surface area contributed by atoms with Crippen LogP contribution in [0.1, 0.15) is 68.4 Å². The molecule has 3 aromatic rings. The van der Waals surface area contributed by atoms with Crippen molar-refractivity contribution in [1.29, 1.82) is 0 Å². The summed E-state index contributed by atoms with van der Waals surface area (Å²) in [5.74, 6) is 1.30. The molecule has 188 valence electrons. The summed E-state index contributed by atoms with van der Waals surface area (Å²) in [5.41, 5.74) is 6.92. The lowest BCUT2D eigenvalue weighted by Gasteiger charge is -2.34. The lowest BCUT2D eigenvalue weighted by atomic mass is 9.94. The molecule has 5 rings (SSSR count). The third-order valence-corrected chi connectivity index (χ3v) is 7.29. The lowest BCUT2D eigenvalue weighted by Crippen LogP contribution is -2.33. The predicted octanol–water partition coefficient (Wildman–Crippen LogP) is 5.50. The van der Waals surface area contributed by atoms with E-state index in [0.717, 1.165) is 19.3 Å². The normalized spacial score (nSPS) is 17.4. The quantitative estimate of drug-likeness (QED) is 0.480. The average Bonchev–Trinajstić information content (AvgIpc) is 3.26. The van der Waals surface area contributed by atoms with Crippen LogP contribution in [0.2, 0.25) is 0 Å². The first kappa shape index (κ1) is 26.3. The van der Waals surface area contributed by atoms with Gasteiger partial charge < -0.3 is 19.7 Å². The SMILES string of the molecule is CC1CCc2c(ccc3c2nc(CCc2ccccc2)n3C2CCCCC2)N1C.O=CO.O=CO. The molecule has 0 bridgehead atoms. The summed E-state index contributed by atoms with van der Waals surface area (Å²) >= 11 is 0. The van der Waals surface area contributed by atoms with Crippen LogP contribution < -0.4 is 4.90 Å². The minimum Gasteiger partial charge on any atom is -0.483 e. The fourth-order valence-electron chi connectivity index (χ4n) is 5.44. The average molecular weight is 480 g/mol. The number of carbonyl (C=O) groups is 2. The van der Waals surface area contributed by atoms with Crippen LogP contribution in [0.25, 0.3) is 11.0 Å². The molecule has 1 fully saturated rings. The van der Waals surface area contributed by atoms with Gasteiger partial charge in [0, 0.05) is 36.8 Å². The Morgan fingerprint density at radius 1 is 0.943 bits per heavy atom. The van der Waals surface area contributed by atoms with E-state index in [4.69, 9.17) is 24.8 Å². The Balaban J connectivity index is 0.000000520. The van der Waals surface area contributed by atoms with Gasteiger partial charge >= 0.3 is 0 Å². The van der Waals surface area contributed by atoms with Crippen molar-refractivity contribution in [2.24, 2.45) is 0 Å². The second kappa shape index (κ2) is 12.9. The topological polar surface area (TPSA) is 95.7 Å². The Kier molecular flexibility index (Phi) is 9.70. The Labute approximate surface area is 207 Å². The van der Waals surface area contributed by atoms with Gasteiger partial charge in [-0.2, -0.15) is 0 Å². The number of nitrogens with zero attached hydrogens (tertiary/aromatic N) is 3. The number of aryl methyl sites for hydroxylation is 3. The number of rotatable bonds is 4. The van der Waals surface area contributed by atoms with E-state index in [0.29, 0.717) is 12.1 Å². The maximum atomic E-state index is 8.36. The first-order valence-corrected chi connectivity index (χ1v) is 12.5. The van der Waals surface area contributed by atoms with Gasteiger partial charge in [-0.3, -0.25) is 9.59 Å². The molecule has 1 aliphatic carbocycles. The first-order valence-electron chi connectivity index (χ1n) is 12.5. The molecule has 1 saturated carbocycles. The van der Waals surface area contributed by atoms with Gasteiger partial charge in [-0.15, -0.1) is 0 Å². The van der Waals surface area contributed by atoms with Crippen LogP contribution in [0.3, 0.4) is 0 Å². The van der Waals surface area contributed by atoms with E-state index in [-0.39, 0.29) is 12.9 Å². The zero-order valence-electron chi connectivity index (χ0n) is 20.8. The minimum absolute atomic E-state index is 0.250. The molecular formula is C28H37N3O4. The molecule has 0 saturated heterocycles. The van der Waals surface area contributed by atoms with Crippen molar-refractivity contribution in [3.8, 4) is 0 Å². The minimum atomic E-state index is -0.250. The Bertz CT molecular complexity index is 1080. The van der Waals surface area contributed by atoms with Gasteiger partial charge in [0.25, 0.3) is 12.9 Å². The van der Waals surface area contributed by atoms with Crippen molar-refractivity contribution >= 4 is 29.7 Å². The van der Waals surface area contributed by atoms with E-state index in [1.54, 1.807) is 0 Å². The summed E-state index contributed by atoms with van der Waals surface area (Å²) in [7, 11) is 2.24. The highest BCUT2D eigenvalue weighted by molar-refractivity contribution is 5.86. The highest BCUT2D eigenvalue weighted by Crippen LogP contribution is 2.38. The van der Waals surface area contributed by atoms with Gasteiger partial charge in [0.15, 0.2) is 0 Å². The highest BCUT2D eigenvalue weighted by atomic mass is 16.3. The molecule has 1 aliphatic heterocycles. The smallest absolute Gasteiger partial charge is 0.290 e. The van der Waals surface area contributed by atoms with E-state index >= 15 is 0 Å². The molecular weight excluding hydrogens is 442 g/mol. The number of hydrogen-bond donors (Lipinski definition) is 2. The van der Waals surface area contributed by atoms with Gasteiger partial charge in [0.1, 0.15) is 5.82 Å². The summed E-state index contributed by atoms with van der Waals surface area (Å²) in [5, 5.41) is 13.8. The van der Waals surface area contributed by atoms with Gasteiger partial charge in [-0.25, -0.2) is 4.98 Å². The molecule has 0 radical (unpaired) electrons. The molecule has 7 nitrogen and oxygen atoms in total. The van der Waals surface area contributed by atoms with Crippen LogP contribution in [-0.4, -0.2) is 45.8 Å². The van der Waals surface area contributed by atoms with Crippen molar-refractivity contribution in [3.63, 3.8) is 0 Å². The monoisotopic (exact) mass is 479 g/mol. The fraction of sp³-hybridized carbons (Fsp3) is 0.464. The zero-order valence-corrected chi connectivity index (χ0v) is 20.8. The molecule has 1 unspecified atom stereocenters. The van der Waals surface area contributed by atoms with Crippen molar-refractivity contribution in [2.75, 3.05) is 11.9 Å². The summed E-state index contributed by atoms with van der Waals surface area (Å²) in [6.07, 6.45) is 11.2. The van der Waals surface area contributed by atoms with Gasteiger partial charge in [0.05, 0.1) is 11.0 Å². The summed E-state index contributed by atoms with van der Waals surface area (Å²) in [6.45, 7) is 1.83. The fourth-order valence-corrected chi connectivity index (χ4v) is 5.44. The zero-order chi connectivity index (χ0) is 25.2. The summed E-state index contributed by atoms with van der Waals surface area (Å²) in [6, 6.07) is 16.8. The van der Waals surface area contributed by atoms with Crippen molar-refractivity contribution in [2.45, 2.75) is 76.8 Å². The van der Waals surface area contributed by atoms with E-state index in [1.807, 2.05) is 0 Å². The number of benzene rings is 2. The number of carboxylic acid groups (broad SMARTS) is 2. The standard InChI is InChI=1S/C26H33N3.2CH2O2/c1-19-13-15-22-23(28(19)2)16-17-24-26(22)27-25(18-14-20-9-5-3-6-10-20)29(24)21-11-7-4-8-12-21;2*2-1-3/h3,5-6,9-10,16-17,19,21H,4,7-8,11-15,18H2,1-2H3;2*1H,(H,2,3). The van der Waals surface area contributed by atoms with E-state index in [1.165, 1.54) is 72.2 Å². The third kappa shape index (κ3) is 6.21. The van der Waals surface area contributed by atoms with Crippen molar-refractivity contribution in [1.82, 2.24) is 9.55 Å².